The fourth-order valence-corrected chi connectivity index (χ4v) is 3.39. The second kappa shape index (κ2) is 5.77. The summed E-state index contributed by atoms with van der Waals surface area (Å²) in [5, 5.41) is 11.5. The maximum absolute atomic E-state index is 9.42. The molecule has 4 heteroatoms. The molecule has 1 fully saturated rings. The van der Waals surface area contributed by atoms with Crippen molar-refractivity contribution < 1.29 is 5.11 Å². The van der Waals surface area contributed by atoms with E-state index >= 15 is 0 Å². The number of nitrogens with two attached hydrogens (primary N) is 1. The monoisotopic (exact) mass is 240 g/mol. The van der Waals surface area contributed by atoms with E-state index < -0.39 is 0 Å². The molecule has 16 heavy (non-hydrogen) atoms. The predicted octanol–water partition coefficient (Wildman–Crippen LogP) is 1.59. The average Bonchev–Trinajstić information content (AvgIpc) is 2.84. The highest BCUT2D eigenvalue weighted by Crippen LogP contribution is 2.30. The summed E-state index contributed by atoms with van der Waals surface area (Å²) < 4.78 is 0. The fraction of sp³-hybridized carbons (Fsp3) is 0.667. The number of piperidine rings is 1. The highest BCUT2D eigenvalue weighted by molar-refractivity contribution is 7.10. The molecule has 3 nitrogen and oxygen atoms in total. The summed E-state index contributed by atoms with van der Waals surface area (Å²) in [4.78, 5) is 3.71. The topological polar surface area (TPSA) is 49.5 Å². The number of nitrogens with zero attached hydrogens (tertiary/aromatic N) is 1. The lowest BCUT2D eigenvalue weighted by Crippen LogP contribution is -2.46. The van der Waals surface area contributed by atoms with Crippen molar-refractivity contribution in [1.82, 2.24) is 4.90 Å². The van der Waals surface area contributed by atoms with Gasteiger partial charge in [0.25, 0.3) is 0 Å². The van der Waals surface area contributed by atoms with Gasteiger partial charge in [-0.05, 0) is 30.8 Å². The number of hydrogen-bond acceptors (Lipinski definition) is 4. The molecule has 0 radical (unpaired) electrons. The van der Waals surface area contributed by atoms with E-state index in [1.54, 1.807) is 11.3 Å². The van der Waals surface area contributed by atoms with Crippen LogP contribution < -0.4 is 5.73 Å². The van der Waals surface area contributed by atoms with Crippen molar-refractivity contribution in [3.8, 4) is 0 Å². The van der Waals surface area contributed by atoms with Gasteiger partial charge in [0.1, 0.15) is 0 Å². The van der Waals surface area contributed by atoms with Crippen molar-refractivity contribution in [2.24, 2.45) is 5.73 Å². The molecular formula is C12H20N2OS. The van der Waals surface area contributed by atoms with Gasteiger partial charge in [-0.25, -0.2) is 0 Å². The van der Waals surface area contributed by atoms with E-state index in [-0.39, 0.29) is 12.6 Å². The average molecular weight is 240 g/mol. The molecule has 2 unspecified atom stereocenters. The molecule has 90 valence electrons. The van der Waals surface area contributed by atoms with E-state index in [1.165, 1.54) is 17.7 Å². The second-order valence-corrected chi connectivity index (χ2v) is 5.32. The lowest BCUT2D eigenvalue weighted by Gasteiger charge is -2.39. The second-order valence-electron chi connectivity index (χ2n) is 4.34. The quantitative estimate of drug-likeness (QED) is 0.840. The van der Waals surface area contributed by atoms with Gasteiger partial charge < -0.3 is 10.8 Å². The minimum Gasteiger partial charge on any atom is -0.395 e. The Morgan fingerprint density at radius 1 is 1.56 bits per heavy atom. The van der Waals surface area contributed by atoms with Crippen LogP contribution in [0.4, 0.5) is 0 Å². The largest absolute Gasteiger partial charge is 0.395 e. The zero-order chi connectivity index (χ0) is 11.4. The maximum atomic E-state index is 9.42. The minimum atomic E-state index is 0.252. The summed E-state index contributed by atoms with van der Waals surface area (Å²) in [6.07, 6.45) is 3.54. The van der Waals surface area contributed by atoms with Crippen molar-refractivity contribution in [1.29, 1.82) is 0 Å². The molecule has 1 aliphatic rings. The number of aliphatic hydroxyl groups excluding tert-OH is 1. The molecule has 0 bridgehead atoms. The van der Waals surface area contributed by atoms with Crippen LogP contribution >= 0.6 is 11.3 Å². The van der Waals surface area contributed by atoms with E-state index in [9.17, 15) is 5.11 Å². The molecule has 1 aromatic heterocycles. The van der Waals surface area contributed by atoms with Crippen LogP contribution in [0.2, 0.25) is 0 Å². The Kier molecular flexibility index (Phi) is 4.35. The molecule has 2 rings (SSSR count). The summed E-state index contributed by atoms with van der Waals surface area (Å²) in [5.41, 5.74) is 5.90. The van der Waals surface area contributed by atoms with Crippen LogP contribution in [0.3, 0.4) is 0 Å². The van der Waals surface area contributed by atoms with Crippen molar-refractivity contribution >= 4 is 11.3 Å². The summed E-state index contributed by atoms with van der Waals surface area (Å²) in [6.45, 7) is 1.95. The first kappa shape index (κ1) is 12.0. The molecule has 1 saturated heterocycles. The predicted molar refractivity (Wildman–Crippen MR) is 67.5 cm³/mol. The Hall–Kier alpha value is -0.420. The lowest BCUT2D eigenvalue weighted by atomic mass is 9.99. The van der Waals surface area contributed by atoms with E-state index in [2.05, 4.69) is 22.4 Å². The van der Waals surface area contributed by atoms with Crippen molar-refractivity contribution in [3.63, 3.8) is 0 Å². The van der Waals surface area contributed by atoms with Gasteiger partial charge in [-0.2, -0.15) is 0 Å². The molecule has 3 N–H and O–H groups in total. The van der Waals surface area contributed by atoms with E-state index in [4.69, 9.17) is 5.73 Å². The zero-order valence-electron chi connectivity index (χ0n) is 9.51. The van der Waals surface area contributed by atoms with Crippen LogP contribution in [-0.2, 0) is 0 Å². The van der Waals surface area contributed by atoms with Crippen LogP contribution in [0.15, 0.2) is 17.5 Å². The van der Waals surface area contributed by atoms with Crippen LogP contribution in [0.5, 0.6) is 0 Å². The van der Waals surface area contributed by atoms with Gasteiger partial charge in [-0.1, -0.05) is 12.5 Å². The standard InChI is InChI=1S/C12H20N2OS/c13-8-11(12-5-3-7-16-12)14-6-2-1-4-10(14)9-15/h3,5,7,10-11,15H,1-2,4,6,8-9,13H2. The van der Waals surface area contributed by atoms with Crippen LogP contribution in [-0.4, -0.2) is 35.7 Å². The normalized spacial score (nSPS) is 24.5. The summed E-state index contributed by atoms with van der Waals surface area (Å²) in [6, 6.07) is 4.80. The third-order valence-electron chi connectivity index (χ3n) is 3.38. The summed E-state index contributed by atoms with van der Waals surface area (Å²) in [5.74, 6) is 0. The number of hydrogen-bond donors (Lipinski definition) is 2. The van der Waals surface area contributed by atoms with Gasteiger partial charge in [0.05, 0.1) is 12.6 Å². The molecule has 0 amide bonds. The van der Waals surface area contributed by atoms with Crippen molar-refractivity contribution in [2.75, 3.05) is 19.7 Å². The third-order valence-corrected chi connectivity index (χ3v) is 4.35. The maximum Gasteiger partial charge on any atom is 0.0587 e. The molecule has 1 aliphatic heterocycles. The first-order valence-corrected chi connectivity index (χ1v) is 6.85. The molecular weight excluding hydrogens is 220 g/mol. The molecule has 0 saturated carbocycles. The van der Waals surface area contributed by atoms with Crippen molar-refractivity contribution in [3.05, 3.63) is 22.4 Å². The van der Waals surface area contributed by atoms with Crippen molar-refractivity contribution in [2.45, 2.75) is 31.3 Å². The Labute approximate surface area is 101 Å². The number of thiophene rings is 1. The molecule has 0 spiro atoms. The Morgan fingerprint density at radius 2 is 2.44 bits per heavy atom. The Morgan fingerprint density at radius 3 is 3.06 bits per heavy atom. The first-order valence-electron chi connectivity index (χ1n) is 5.97. The Bertz CT molecular complexity index is 302. The molecule has 0 aromatic carbocycles. The van der Waals surface area contributed by atoms with Crippen LogP contribution in [0.1, 0.15) is 30.2 Å². The minimum absolute atomic E-state index is 0.252. The van der Waals surface area contributed by atoms with E-state index in [0.29, 0.717) is 12.6 Å². The number of aliphatic hydroxyl groups is 1. The van der Waals surface area contributed by atoms with Gasteiger partial charge in [-0.15, -0.1) is 11.3 Å². The fourth-order valence-electron chi connectivity index (χ4n) is 2.53. The van der Waals surface area contributed by atoms with Gasteiger partial charge in [0.2, 0.25) is 0 Å². The third kappa shape index (κ3) is 2.46. The highest BCUT2D eigenvalue weighted by atomic mass is 32.1. The zero-order valence-corrected chi connectivity index (χ0v) is 10.3. The van der Waals surface area contributed by atoms with Crippen LogP contribution in [0, 0.1) is 0 Å². The lowest BCUT2D eigenvalue weighted by molar-refractivity contribution is 0.0565. The highest BCUT2D eigenvalue weighted by Gasteiger charge is 2.28. The van der Waals surface area contributed by atoms with Gasteiger partial charge in [-0.3, -0.25) is 4.90 Å². The molecule has 2 heterocycles. The molecule has 0 aliphatic carbocycles. The van der Waals surface area contributed by atoms with Crippen LogP contribution in [0.25, 0.3) is 0 Å². The Balaban J connectivity index is 2.13. The van der Waals surface area contributed by atoms with Gasteiger partial charge >= 0.3 is 0 Å². The SMILES string of the molecule is NCC(c1cccs1)N1CCCCC1CO. The summed E-state index contributed by atoms with van der Waals surface area (Å²) >= 11 is 1.76. The van der Waals surface area contributed by atoms with E-state index in [0.717, 1.165) is 13.0 Å². The van der Waals surface area contributed by atoms with E-state index in [1.807, 2.05) is 0 Å². The van der Waals surface area contributed by atoms with Gasteiger partial charge in [0, 0.05) is 17.5 Å². The molecule has 2 atom stereocenters. The summed E-state index contributed by atoms with van der Waals surface area (Å²) in [7, 11) is 0. The molecule has 1 aromatic rings. The smallest absolute Gasteiger partial charge is 0.0587 e. The number of likely N-dealkylation sites (tertiary alicyclic amines) is 1. The number of rotatable bonds is 4. The first-order chi connectivity index (χ1) is 7.86. The van der Waals surface area contributed by atoms with Gasteiger partial charge in [0.15, 0.2) is 0 Å².